The number of hydrogen-bond donors (Lipinski definition) is 0. The maximum Gasteiger partial charge on any atom is 0.310 e. The summed E-state index contributed by atoms with van der Waals surface area (Å²) in [7, 11) is -3.68. The molecule has 27 heavy (non-hydrogen) atoms. The lowest BCUT2D eigenvalue weighted by Gasteiger charge is -2.31. The molecule has 0 bridgehead atoms. The van der Waals surface area contributed by atoms with Gasteiger partial charge in [-0.15, -0.1) is 0 Å². The van der Waals surface area contributed by atoms with Crippen molar-refractivity contribution in [3.63, 3.8) is 0 Å². The zero-order valence-corrected chi connectivity index (χ0v) is 16.4. The monoisotopic (exact) mass is 394 g/mol. The average Bonchev–Trinajstić information content (AvgIpc) is 2.69. The number of sulfonamides is 1. The highest BCUT2D eigenvalue weighted by molar-refractivity contribution is 7.89. The van der Waals surface area contributed by atoms with Gasteiger partial charge in [0, 0.05) is 31.7 Å². The molecule has 148 valence electrons. The van der Waals surface area contributed by atoms with Gasteiger partial charge in [0.1, 0.15) is 0 Å². The molecule has 8 heteroatoms. The van der Waals surface area contributed by atoms with Gasteiger partial charge in [-0.2, -0.15) is 4.31 Å². The van der Waals surface area contributed by atoms with Gasteiger partial charge >= 0.3 is 5.97 Å². The zero-order chi connectivity index (χ0) is 19.4. The van der Waals surface area contributed by atoms with Gasteiger partial charge in [-0.3, -0.25) is 9.59 Å². The van der Waals surface area contributed by atoms with Gasteiger partial charge in [0.2, 0.25) is 15.9 Å². The minimum Gasteiger partial charge on any atom is -0.466 e. The third-order valence-electron chi connectivity index (χ3n) is 5.11. The molecule has 0 unspecified atom stereocenters. The number of hydrogen-bond acceptors (Lipinski definition) is 5. The predicted octanol–water partition coefficient (Wildman–Crippen LogP) is 2.17. The van der Waals surface area contributed by atoms with Gasteiger partial charge in [-0.1, -0.05) is 0 Å². The van der Waals surface area contributed by atoms with Crippen LogP contribution in [0.4, 0.5) is 5.69 Å². The van der Waals surface area contributed by atoms with Crippen molar-refractivity contribution in [3.05, 3.63) is 24.3 Å². The molecule has 0 spiro atoms. The number of benzene rings is 1. The quantitative estimate of drug-likeness (QED) is 0.715. The Kier molecular flexibility index (Phi) is 6.16. The van der Waals surface area contributed by atoms with Gasteiger partial charge < -0.3 is 9.64 Å². The summed E-state index contributed by atoms with van der Waals surface area (Å²) < 4.78 is 32.3. The lowest BCUT2D eigenvalue weighted by molar-refractivity contribution is -0.149. The topological polar surface area (TPSA) is 84.0 Å². The standard InChI is InChI=1S/C19H26N2O5S/c1-2-26-19(23)15-6-5-12-20(14-15)27(24,25)17-10-8-16(9-11-17)21-13-4-3-7-18(21)22/h8-11,15H,2-7,12-14H2,1H3/t15-/m1/s1. The van der Waals surface area contributed by atoms with E-state index in [0.717, 1.165) is 18.5 Å². The second-order valence-corrected chi connectivity index (χ2v) is 8.89. The molecule has 2 aliphatic heterocycles. The van der Waals surface area contributed by atoms with Crippen LogP contribution in [0.5, 0.6) is 0 Å². The van der Waals surface area contributed by atoms with Gasteiger partial charge in [0.05, 0.1) is 17.4 Å². The SMILES string of the molecule is CCOC(=O)[C@@H]1CCCN(S(=O)(=O)c2ccc(N3CCCCC3=O)cc2)C1. The summed E-state index contributed by atoms with van der Waals surface area (Å²) in [6, 6.07) is 6.45. The number of anilines is 1. The molecule has 2 saturated heterocycles. The molecule has 0 aliphatic carbocycles. The summed E-state index contributed by atoms with van der Waals surface area (Å²) in [4.78, 5) is 25.9. The number of esters is 1. The maximum absolute atomic E-state index is 13.0. The number of ether oxygens (including phenoxy) is 1. The van der Waals surface area contributed by atoms with Crippen molar-refractivity contribution in [2.24, 2.45) is 5.92 Å². The second kappa shape index (κ2) is 8.39. The Labute approximate surface area is 160 Å². The fourth-order valence-corrected chi connectivity index (χ4v) is 5.16. The van der Waals surface area contributed by atoms with E-state index < -0.39 is 15.9 Å². The van der Waals surface area contributed by atoms with Gasteiger partial charge in [-0.25, -0.2) is 8.42 Å². The van der Waals surface area contributed by atoms with E-state index in [9.17, 15) is 18.0 Å². The highest BCUT2D eigenvalue weighted by atomic mass is 32.2. The van der Waals surface area contributed by atoms with E-state index in [2.05, 4.69) is 0 Å². The van der Waals surface area contributed by atoms with Crippen LogP contribution in [0.3, 0.4) is 0 Å². The summed E-state index contributed by atoms with van der Waals surface area (Å²) in [5.74, 6) is -0.680. The largest absolute Gasteiger partial charge is 0.466 e. The van der Waals surface area contributed by atoms with E-state index in [1.54, 1.807) is 36.1 Å². The molecular formula is C19H26N2O5S. The molecule has 0 aromatic heterocycles. The number of rotatable bonds is 5. The second-order valence-electron chi connectivity index (χ2n) is 6.95. The van der Waals surface area contributed by atoms with Crippen LogP contribution >= 0.6 is 0 Å². The molecular weight excluding hydrogens is 368 g/mol. The summed E-state index contributed by atoms with van der Waals surface area (Å²) in [5.41, 5.74) is 0.724. The van der Waals surface area contributed by atoms with Crippen molar-refractivity contribution >= 4 is 27.6 Å². The highest BCUT2D eigenvalue weighted by Gasteiger charge is 2.34. The summed E-state index contributed by atoms with van der Waals surface area (Å²) >= 11 is 0. The van der Waals surface area contributed by atoms with Gasteiger partial charge in [0.25, 0.3) is 0 Å². The van der Waals surface area contributed by atoms with E-state index in [4.69, 9.17) is 4.74 Å². The van der Waals surface area contributed by atoms with Gasteiger partial charge in [-0.05, 0) is 56.9 Å². The number of carbonyl (C=O) groups is 2. The Morgan fingerprint density at radius 3 is 2.56 bits per heavy atom. The van der Waals surface area contributed by atoms with E-state index >= 15 is 0 Å². The average molecular weight is 394 g/mol. The smallest absolute Gasteiger partial charge is 0.310 e. The molecule has 2 heterocycles. The molecule has 7 nitrogen and oxygen atoms in total. The van der Waals surface area contributed by atoms with E-state index in [-0.39, 0.29) is 23.3 Å². The molecule has 2 fully saturated rings. The first-order chi connectivity index (χ1) is 12.9. The minimum absolute atomic E-state index is 0.0742. The minimum atomic E-state index is -3.68. The Morgan fingerprint density at radius 2 is 1.89 bits per heavy atom. The van der Waals surface area contributed by atoms with Crippen LogP contribution in [0, 0.1) is 5.92 Å². The number of carbonyl (C=O) groups excluding carboxylic acids is 2. The lowest BCUT2D eigenvalue weighted by atomic mass is 10.0. The molecule has 1 aromatic carbocycles. The maximum atomic E-state index is 13.0. The Bertz CT molecular complexity index is 791. The van der Waals surface area contributed by atoms with Crippen molar-refractivity contribution in [1.29, 1.82) is 0 Å². The van der Waals surface area contributed by atoms with E-state index in [0.29, 0.717) is 39.0 Å². The Hall–Kier alpha value is -1.93. The van der Waals surface area contributed by atoms with Crippen molar-refractivity contribution in [3.8, 4) is 0 Å². The number of amides is 1. The Morgan fingerprint density at radius 1 is 1.15 bits per heavy atom. The number of nitrogens with zero attached hydrogens (tertiary/aromatic N) is 2. The summed E-state index contributed by atoms with van der Waals surface area (Å²) in [5, 5.41) is 0. The van der Waals surface area contributed by atoms with Crippen LogP contribution < -0.4 is 4.90 Å². The third kappa shape index (κ3) is 4.32. The van der Waals surface area contributed by atoms with Crippen molar-refractivity contribution in [2.45, 2.75) is 43.9 Å². The van der Waals surface area contributed by atoms with Crippen LogP contribution in [0.2, 0.25) is 0 Å². The van der Waals surface area contributed by atoms with Crippen LogP contribution in [0.25, 0.3) is 0 Å². The first kappa shape index (κ1) is 19.8. The number of piperidine rings is 2. The third-order valence-corrected chi connectivity index (χ3v) is 6.99. The first-order valence-electron chi connectivity index (χ1n) is 9.50. The molecule has 0 N–H and O–H groups in total. The molecule has 1 aromatic rings. The van der Waals surface area contributed by atoms with Crippen LogP contribution in [-0.4, -0.2) is 50.8 Å². The molecule has 1 atom stereocenters. The lowest BCUT2D eigenvalue weighted by Crippen LogP contribution is -2.42. The Balaban J connectivity index is 1.74. The molecule has 3 rings (SSSR count). The molecule has 2 aliphatic rings. The van der Waals surface area contributed by atoms with Gasteiger partial charge in [0.15, 0.2) is 0 Å². The summed E-state index contributed by atoms with van der Waals surface area (Å²) in [6.45, 7) is 3.24. The first-order valence-corrected chi connectivity index (χ1v) is 10.9. The summed E-state index contributed by atoms with van der Waals surface area (Å²) in [6.07, 6.45) is 3.65. The fourth-order valence-electron chi connectivity index (χ4n) is 3.64. The van der Waals surface area contributed by atoms with Crippen LogP contribution in [0.15, 0.2) is 29.2 Å². The van der Waals surface area contributed by atoms with E-state index in [1.165, 1.54) is 4.31 Å². The van der Waals surface area contributed by atoms with Crippen LogP contribution in [0.1, 0.15) is 39.0 Å². The van der Waals surface area contributed by atoms with Crippen molar-refractivity contribution in [2.75, 3.05) is 31.1 Å². The molecule has 0 radical (unpaired) electrons. The van der Waals surface area contributed by atoms with Crippen molar-refractivity contribution < 1.29 is 22.7 Å². The highest BCUT2D eigenvalue weighted by Crippen LogP contribution is 2.27. The van der Waals surface area contributed by atoms with Crippen molar-refractivity contribution in [1.82, 2.24) is 4.31 Å². The fraction of sp³-hybridized carbons (Fsp3) is 0.579. The van der Waals surface area contributed by atoms with E-state index in [1.807, 2.05) is 0 Å². The molecule has 1 amide bonds. The molecule has 0 saturated carbocycles. The van der Waals surface area contributed by atoms with Crippen LogP contribution in [-0.2, 0) is 24.3 Å². The zero-order valence-electron chi connectivity index (χ0n) is 15.6. The predicted molar refractivity (Wildman–Crippen MR) is 101 cm³/mol. The normalized spacial score (nSPS) is 21.9.